The van der Waals surface area contributed by atoms with Crippen LogP contribution in [0.15, 0.2) is 36.4 Å². The zero-order chi connectivity index (χ0) is 17.3. The number of aryl methyl sites for hydroxylation is 1. The van der Waals surface area contributed by atoms with Crippen molar-refractivity contribution >= 4 is 40.7 Å². The molecule has 2 aromatic rings. The number of carbonyl (C=O) groups is 2. The van der Waals surface area contributed by atoms with E-state index in [4.69, 9.17) is 23.2 Å². The predicted molar refractivity (Wildman–Crippen MR) is 96.1 cm³/mol. The van der Waals surface area contributed by atoms with Crippen LogP contribution in [0.25, 0.3) is 0 Å². The Bertz CT molecular complexity index is 817. The molecule has 0 heterocycles. The molecule has 1 fully saturated rings. The minimum Gasteiger partial charge on any atom is -0.349 e. The molecule has 0 spiro atoms. The van der Waals surface area contributed by atoms with E-state index in [9.17, 15) is 9.59 Å². The fraction of sp³-hybridized carbons (Fsp3) is 0.222. The van der Waals surface area contributed by atoms with Crippen molar-refractivity contribution in [3.05, 3.63) is 63.1 Å². The molecule has 3 rings (SSSR count). The first-order valence-corrected chi connectivity index (χ1v) is 8.38. The molecule has 0 bridgehead atoms. The average Bonchev–Trinajstić information content (AvgIpc) is 3.36. The number of hydrogen-bond acceptors (Lipinski definition) is 2. The van der Waals surface area contributed by atoms with Gasteiger partial charge < -0.3 is 10.6 Å². The third kappa shape index (κ3) is 3.71. The molecule has 2 amide bonds. The Kier molecular flexibility index (Phi) is 4.78. The molecule has 0 unspecified atom stereocenters. The second kappa shape index (κ2) is 6.83. The van der Waals surface area contributed by atoms with Gasteiger partial charge in [0.25, 0.3) is 11.8 Å². The normalized spacial score (nSPS) is 13.5. The molecular formula is C18H16Cl2N2O2. The summed E-state index contributed by atoms with van der Waals surface area (Å²) in [6, 6.07) is 10.4. The number of anilines is 1. The number of rotatable bonds is 4. The summed E-state index contributed by atoms with van der Waals surface area (Å²) >= 11 is 12.0. The third-order valence-electron chi connectivity index (χ3n) is 3.86. The van der Waals surface area contributed by atoms with Gasteiger partial charge in [0, 0.05) is 17.3 Å². The van der Waals surface area contributed by atoms with Gasteiger partial charge in [0.2, 0.25) is 0 Å². The lowest BCUT2D eigenvalue weighted by Gasteiger charge is -2.12. The Balaban J connectivity index is 1.82. The number of amides is 2. The number of benzene rings is 2. The number of hydrogen-bond donors (Lipinski definition) is 2. The van der Waals surface area contributed by atoms with E-state index in [1.807, 2.05) is 6.92 Å². The van der Waals surface area contributed by atoms with Crippen molar-refractivity contribution in [2.45, 2.75) is 25.8 Å². The van der Waals surface area contributed by atoms with Crippen molar-refractivity contribution in [2.75, 3.05) is 5.32 Å². The van der Waals surface area contributed by atoms with Gasteiger partial charge >= 0.3 is 0 Å². The first kappa shape index (κ1) is 16.8. The van der Waals surface area contributed by atoms with Gasteiger partial charge in [0.15, 0.2) is 0 Å². The predicted octanol–water partition coefficient (Wildman–Crippen LogP) is 4.45. The topological polar surface area (TPSA) is 58.2 Å². The maximum Gasteiger partial charge on any atom is 0.257 e. The van der Waals surface area contributed by atoms with Crippen LogP contribution in [0.1, 0.15) is 39.1 Å². The molecule has 124 valence electrons. The average molecular weight is 363 g/mol. The van der Waals surface area contributed by atoms with Gasteiger partial charge in [-0.1, -0.05) is 35.3 Å². The van der Waals surface area contributed by atoms with Gasteiger partial charge in [0.1, 0.15) is 0 Å². The quantitative estimate of drug-likeness (QED) is 0.843. The standard InChI is InChI=1S/C18H16Cl2N2O2/c1-10-5-6-11(17(23)21-12-7-8-12)9-15(10)22-18(24)13-3-2-4-14(19)16(13)20/h2-6,9,12H,7-8H2,1H3,(H,21,23)(H,22,24). The van der Waals surface area contributed by atoms with Gasteiger partial charge in [-0.15, -0.1) is 0 Å². The molecule has 0 aliphatic heterocycles. The zero-order valence-electron chi connectivity index (χ0n) is 13.0. The summed E-state index contributed by atoms with van der Waals surface area (Å²) in [6.07, 6.45) is 2.04. The minimum atomic E-state index is -0.370. The Morgan fingerprint density at radius 3 is 2.54 bits per heavy atom. The summed E-state index contributed by atoms with van der Waals surface area (Å²) in [6.45, 7) is 1.86. The molecule has 0 saturated heterocycles. The van der Waals surface area contributed by atoms with Crippen molar-refractivity contribution < 1.29 is 9.59 Å². The zero-order valence-corrected chi connectivity index (χ0v) is 14.5. The van der Waals surface area contributed by atoms with E-state index in [2.05, 4.69) is 10.6 Å². The maximum atomic E-state index is 12.5. The van der Waals surface area contributed by atoms with Crippen molar-refractivity contribution in [1.29, 1.82) is 0 Å². The summed E-state index contributed by atoms with van der Waals surface area (Å²) in [5, 5.41) is 6.25. The maximum absolute atomic E-state index is 12.5. The van der Waals surface area contributed by atoms with E-state index in [0.29, 0.717) is 16.3 Å². The highest BCUT2D eigenvalue weighted by atomic mass is 35.5. The van der Waals surface area contributed by atoms with Crippen LogP contribution < -0.4 is 10.6 Å². The molecule has 2 N–H and O–H groups in total. The molecule has 0 aromatic heterocycles. The van der Waals surface area contributed by atoms with Gasteiger partial charge in [-0.2, -0.15) is 0 Å². The molecule has 2 aromatic carbocycles. The first-order valence-electron chi connectivity index (χ1n) is 7.62. The van der Waals surface area contributed by atoms with E-state index >= 15 is 0 Å². The molecule has 1 saturated carbocycles. The highest BCUT2D eigenvalue weighted by molar-refractivity contribution is 6.44. The highest BCUT2D eigenvalue weighted by Gasteiger charge is 2.24. The second-order valence-electron chi connectivity index (χ2n) is 5.83. The van der Waals surface area contributed by atoms with E-state index in [1.165, 1.54) is 0 Å². The number of carbonyl (C=O) groups excluding carboxylic acids is 2. The molecule has 24 heavy (non-hydrogen) atoms. The largest absolute Gasteiger partial charge is 0.349 e. The van der Waals surface area contributed by atoms with Gasteiger partial charge in [0.05, 0.1) is 15.6 Å². The number of halogens is 2. The molecule has 4 nitrogen and oxygen atoms in total. The molecular weight excluding hydrogens is 347 g/mol. The summed E-state index contributed by atoms with van der Waals surface area (Å²) in [5.41, 5.74) is 2.22. The van der Waals surface area contributed by atoms with Crippen LogP contribution in [0.3, 0.4) is 0 Å². The summed E-state index contributed by atoms with van der Waals surface area (Å²) in [7, 11) is 0. The first-order chi connectivity index (χ1) is 11.5. The van der Waals surface area contributed by atoms with E-state index < -0.39 is 0 Å². The van der Waals surface area contributed by atoms with Crippen LogP contribution in [0, 0.1) is 6.92 Å². The van der Waals surface area contributed by atoms with Crippen molar-refractivity contribution in [3.63, 3.8) is 0 Å². The Morgan fingerprint density at radius 2 is 1.83 bits per heavy atom. The Labute approximate surface area is 150 Å². The van der Waals surface area contributed by atoms with Gasteiger partial charge in [-0.25, -0.2) is 0 Å². The van der Waals surface area contributed by atoms with Crippen LogP contribution in [0.4, 0.5) is 5.69 Å². The molecule has 0 radical (unpaired) electrons. The van der Waals surface area contributed by atoms with E-state index in [1.54, 1.807) is 36.4 Å². The fourth-order valence-corrected chi connectivity index (χ4v) is 2.65. The van der Waals surface area contributed by atoms with Crippen LogP contribution in [0.5, 0.6) is 0 Å². The SMILES string of the molecule is Cc1ccc(C(=O)NC2CC2)cc1NC(=O)c1cccc(Cl)c1Cl. The van der Waals surface area contributed by atoms with Crippen molar-refractivity contribution in [3.8, 4) is 0 Å². The van der Waals surface area contributed by atoms with Crippen LogP contribution in [0.2, 0.25) is 10.0 Å². The van der Waals surface area contributed by atoms with Gasteiger partial charge in [-0.3, -0.25) is 9.59 Å². The Morgan fingerprint density at radius 1 is 1.08 bits per heavy atom. The molecule has 0 atom stereocenters. The van der Waals surface area contributed by atoms with Crippen LogP contribution >= 0.6 is 23.2 Å². The minimum absolute atomic E-state index is 0.131. The summed E-state index contributed by atoms with van der Waals surface area (Å²) < 4.78 is 0. The van der Waals surface area contributed by atoms with Gasteiger partial charge in [-0.05, 0) is 49.6 Å². The highest BCUT2D eigenvalue weighted by Crippen LogP contribution is 2.27. The summed E-state index contributed by atoms with van der Waals surface area (Å²) in [4.78, 5) is 24.6. The lowest BCUT2D eigenvalue weighted by Crippen LogP contribution is -2.25. The fourth-order valence-electron chi connectivity index (χ4n) is 2.26. The molecule has 1 aliphatic rings. The molecule has 6 heteroatoms. The van der Waals surface area contributed by atoms with Crippen molar-refractivity contribution in [1.82, 2.24) is 5.32 Å². The van der Waals surface area contributed by atoms with E-state index in [0.717, 1.165) is 18.4 Å². The second-order valence-corrected chi connectivity index (χ2v) is 6.62. The Hall–Kier alpha value is -2.04. The number of nitrogens with one attached hydrogen (secondary N) is 2. The smallest absolute Gasteiger partial charge is 0.257 e. The lowest BCUT2D eigenvalue weighted by atomic mass is 10.1. The summed E-state index contributed by atoms with van der Waals surface area (Å²) in [5.74, 6) is -0.501. The van der Waals surface area contributed by atoms with Crippen molar-refractivity contribution in [2.24, 2.45) is 0 Å². The monoisotopic (exact) mass is 362 g/mol. The third-order valence-corrected chi connectivity index (χ3v) is 4.68. The molecule has 1 aliphatic carbocycles. The lowest BCUT2D eigenvalue weighted by molar-refractivity contribution is 0.0949. The van der Waals surface area contributed by atoms with Crippen LogP contribution in [-0.4, -0.2) is 17.9 Å². The van der Waals surface area contributed by atoms with Crippen LogP contribution in [-0.2, 0) is 0 Å². The van der Waals surface area contributed by atoms with E-state index in [-0.39, 0.29) is 28.4 Å².